The molecule has 0 radical (unpaired) electrons. The first-order chi connectivity index (χ1) is 8.08. The van der Waals surface area contributed by atoms with Crippen molar-refractivity contribution in [3.63, 3.8) is 0 Å². The van der Waals surface area contributed by atoms with Crippen molar-refractivity contribution < 1.29 is 0 Å². The first-order valence-corrected chi connectivity index (χ1v) is 6.25. The van der Waals surface area contributed by atoms with Crippen LogP contribution in [0.2, 0.25) is 0 Å². The molecule has 2 heteroatoms. The zero-order valence-corrected chi connectivity index (χ0v) is 11.3. The van der Waals surface area contributed by atoms with E-state index >= 15 is 0 Å². The summed E-state index contributed by atoms with van der Waals surface area (Å²) >= 11 is 0. The molecule has 1 atom stereocenters. The van der Waals surface area contributed by atoms with Gasteiger partial charge in [-0.2, -0.15) is 5.26 Å². The Balaban J connectivity index is 2.69. The van der Waals surface area contributed by atoms with Gasteiger partial charge in [-0.1, -0.05) is 19.1 Å². The maximum Gasteiger partial charge on any atom is 0.0638 e. The third-order valence-corrected chi connectivity index (χ3v) is 3.36. The van der Waals surface area contributed by atoms with Crippen LogP contribution < -0.4 is 5.32 Å². The molecule has 0 bridgehead atoms. The smallest absolute Gasteiger partial charge is 0.0638 e. The second kappa shape index (κ2) is 6.42. The molecule has 1 aromatic carbocycles. The Bertz CT molecular complexity index is 416. The Hall–Kier alpha value is -1.33. The maximum absolute atomic E-state index is 8.71. The van der Waals surface area contributed by atoms with Crippen LogP contribution in [0.15, 0.2) is 12.1 Å². The van der Waals surface area contributed by atoms with E-state index in [2.05, 4.69) is 51.2 Å². The first kappa shape index (κ1) is 13.7. The number of hydrogen-bond acceptors (Lipinski definition) is 2. The van der Waals surface area contributed by atoms with E-state index in [9.17, 15) is 0 Å². The van der Waals surface area contributed by atoms with E-state index < -0.39 is 0 Å². The van der Waals surface area contributed by atoms with E-state index in [0.29, 0.717) is 12.5 Å². The van der Waals surface area contributed by atoms with Crippen molar-refractivity contribution >= 4 is 0 Å². The van der Waals surface area contributed by atoms with Crippen molar-refractivity contribution in [2.75, 3.05) is 0 Å². The van der Waals surface area contributed by atoms with Crippen LogP contribution in [-0.2, 0) is 6.54 Å². The standard InChI is InChI=1S/C15H22N2/c1-5-15(6-7-16)17-10-14-9-12(3)11(2)8-13(14)4/h8-9,15,17H,5-6,10H2,1-4H3. The van der Waals surface area contributed by atoms with Crippen molar-refractivity contribution in [1.82, 2.24) is 5.32 Å². The average Bonchev–Trinajstić information content (AvgIpc) is 2.30. The predicted octanol–water partition coefficient (Wildman–Crippen LogP) is 3.39. The highest BCUT2D eigenvalue weighted by molar-refractivity contribution is 5.36. The molecule has 0 saturated heterocycles. The summed E-state index contributed by atoms with van der Waals surface area (Å²) in [5.41, 5.74) is 5.34. The van der Waals surface area contributed by atoms with Gasteiger partial charge in [-0.3, -0.25) is 0 Å². The summed E-state index contributed by atoms with van der Waals surface area (Å²) < 4.78 is 0. The van der Waals surface area contributed by atoms with Gasteiger partial charge in [-0.25, -0.2) is 0 Å². The monoisotopic (exact) mass is 230 g/mol. The predicted molar refractivity (Wildman–Crippen MR) is 71.8 cm³/mol. The quantitative estimate of drug-likeness (QED) is 0.841. The van der Waals surface area contributed by atoms with E-state index in [-0.39, 0.29) is 0 Å². The molecule has 0 aliphatic heterocycles. The minimum Gasteiger partial charge on any atom is -0.309 e. The van der Waals surface area contributed by atoms with Gasteiger partial charge in [0.2, 0.25) is 0 Å². The molecule has 0 aliphatic rings. The molecule has 0 fully saturated rings. The molecule has 0 heterocycles. The molecule has 1 N–H and O–H groups in total. The van der Waals surface area contributed by atoms with Gasteiger partial charge < -0.3 is 5.32 Å². The lowest BCUT2D eigenvalue weighted by Crippen LogP contribution is -2.27. The van der Waals surface area contributed by atoms with Crippen LogP contribution in [0.1, 0.15) is 42.0 Å². The van der Waals surface area contributed by atoms with E-state index in [4.69, 9.17) is 5.26 Å². The van der Waals surface area contributed by atoms with Crippen LogP contribution in [0.25, 0.3) is 0 Å². The third-order valence-electron chi connectivity index (χ3n) is 3.36. The summed E-state index contributed by atoms with van der Waals surface area (Å²) in [6, 6.07) is 7.01. The summed E-state index contributed by atoms with van der Waals surface area (Å²) in [6.45, 7) is 9.40. The molecule has 2 nitrogen and oxygen atoms in total. The number of rotatable bonds is 5. The molecule has 0 saturated carbocycles. The minimum atomic E-state index is 0.306. The Kier molecular flexibility index (Phi) is 5.18. The van der Waals surface area contributed by atoms with Crippen LogP contribution in [0.4, 0.5) is 0 Å². The van der Waals surface area contributed by atoms with Crippen molar-refractivity contribution in [2.24, 2.45) is 0 Å². The lowest BCUT2D eigenvalue weighted by molar-refractivity contribution is 0.504. The van der Waals surface area contributed by atoms with Crippen molar-refractivity contribution in [1.29, 1.82) is 5.26 Å². The van der Waals surface area contributed by atoms with Gasteiger partial charge in [-0.15, -0.1) is 0 Å². The third kappa shape index (κ3) is 3.87. The number of nitriles is 1. The zero-order valence-electron chi connectivity index (χ0n) is 11.3. The number of nitrogens with zero attached hydrogens (tertiary/aromatic N) is 1. The molecule has 0 aliphatic carbocycles. The lowest BCUT2D eigenvalue weighted by Gasteiger charge is -2.16. The fourth-order valence-electron chi connectivity index (χ4n) is 1.94. The summed E-state index contributed by atoms with van der Waals surface area (Å²) in [5.74, 6) is 0. The fourth-order valence-corrected chi connectivity index (χ4v) is 1.94. The largest absolute Gasteiger partial charge is 0.309 e. The Morgan fingerprint density at radius 1 is 1.18 bits per heavy atom. The molecule has 92 valence electrons. The highest BCUT2D eigenvalue weighted by atomic mass is 14.9. The molecular formula is C15H22N2. The van der Waals surface area contributed by atoms with E-state index in [0.717, 1.165) is 13.0 Å². The van der Waals surface area contributed by atoms with Crippen molar-refractivity contribution in [3.05, 3.63) is 34.4 Å². The van der Waals surface area contributed by atoms with E-state index in [1.165, 1.54) is 22.3 Å². The molecule has 1 unspecified atom stereocenters. The molecule has 1 rings (SSSR count). The molecule has 0 amide bonds. The summed E-state index contributed by atoms with van der Waals surface area (Å²) in [4.78, 5) is 0. The second-order valence-corrected chi connectivity index (χ2v) is 4.71. The molecule has 0 aromatic heterocycles. The van der Waals surface area contributed by atoms with Gasteiger partial charge in [0.15, 0.2) is 0 Å². The van der Waals surface area contributed by atoms with Crippen LogP contribution in [-0.4, -0.2) is 6.04 Å². The Morgan fingerprint density at radius 3 is 2.41 bits per heavy atom. The fraction of sp³-hybridized carbons (Fsp3) is 0.533. The van der Waals surface area contributed by atoms with Crippen molar-refractivity contribution in [3.8, 4) is 6.07 Å². The number of hydrogen-bond donors (Lipinski definition) is 1. The van der Waals surface area contributed by atoms with Gasteiger partial charge >= 0.3 is 0 Å². The first-order valence-electron chi connectivity index (χ1n) is 6.25. The molecule has 17 heavy (non-hydrogen) atoms. The number of nitrogens with one attached hydrogen (secondary N) is 1. The van der Waals surface area contributed by atoms with Gasteiger partial charge in [0.1, 0.15) is 0 Å². The van der Waals surface area contributed by atoms with Crippen molar-refractivity contribution in [2.45, 2.75) is 53.1 Å². The SMILES string of the molecule is CCC(CC#N)NCc1cc(C)c(C)cc1C. The Morgan fingerprint density at radius 2 is 1.82 bits per heavy atom. The molecule has 0 spiro atoms. The normalized spacial score (nSPS) is 12.2. The molecular weight excluding hydrogens is 208 g/mol. The Labute approximate surface area is 105 Å². The summed E-state index contributed by atoms with van der Waals surface area (Å²) in [6.07, 6.45) is 1.58. The zero-order chi connectivity index (χ0) is 12.8. The highest BCUT2D eigenvalue weighted by Gasteiger charge is 2.06. The average molecular weight is 230 g/mol. The molecule has 1 aromatic rings. The lowest BCUT2D eigenvalue weighted by atomic mass is 10.0. The number of benzene rings is 1. The van der Waals surface area contributed by atoms with Crippen LogP contribution in [0, 0.1) is 32.1 Å². The number of aryl methyl sites for hydroxylation is 3. The van der Waals surface area contributed by atoms with Gasteiger partial charge in [0.25, 0.3) is 0 Å². The van der Waals surface area contributed by atoms with Crippen LogP contribution in [0.3, 0.4) is 0 Å². The maximum atomic E-state index is 8.71. The highest BCUT2D eigenvalue weighted by Crippen LogP contribution is 2.15. The van der Waals surface area contributed by atoms with Crippen LogP contribution in [0.5, 0.6) is 0 Å². The van der Waals surface area contributed by atoms with E-state index in [1.54, 1.807) is 0 Å². The van der Waals surface area contributed by atoms with Gasteiger partial charge in [-0.05, 0) is 49.4 Å². The second-order valence-electron chi connectivity index (χ2n) is 4.71. The summed E-state index contributed by atoms with van der Waals surface area (Å²) in [7, 11) is 0. The van der Waals surface area contributed by atoms with Gasteiger partial charge in [0.05, 0.1) is 12.5 Å². The summed E-state index contributed by atoms with van der Waals surface area (Å²) in [5, 5.41) is 12.2. The van der Waals surface area contributed by atoms with Gasteiger partial charge in [0, 0.05) is 12.6 Å². The van der Waals surface area contributed by atoms with Crippen LogP contribution >= 0.6 is 0 Å². The topological polar surface area (TPSA) is 35.8 Å². The minimum absolute atomic E-state index is 0.306. The van der Waals surface area contributed by atoms with E-state index in [1.807, 2.05) is 0 Å².